The minimum absolute atomic E-state index is 0.471. The van der Waals surface area contributed by atoms with Gasteiger partial charge in [-0.1, -0.05) is 95.0 Å². The van der Waals surface area contributed by atoms with E-state index < -0.39 is 5.79 Å². The van der Waals surface area contributed by atoms with Crippen LogP contribution in [0.5, 0.6) is 0 Å². The van der Waals surface area contributed by atoms with E-state index in [-0.39, 0.29) is 0 Å². The van der Waals surface area contributed by atoms with Crippen molar-refractivity contribution in [2.45, 2.75) is 83.3 Å². The van der Waals surface area contributed by atoms with Crippen molar-refractivity contribution < 1.29 is 9.47 Å². The van der Waals surface area contributed by atoms with Gasteiger partial charge >= 0.3 is 0 Å². The third-order valence-corrected chi connectivity index (χ3v) is 4.83. The third-order valence-electron chi connectivity index (χ3n) is 4.83. The first-order chi connectivity index (χ1) is 11.4. The Labute approximate surface area is 142 Å². The lowest BCUT2D eigenvalue weighted by molar-refractivity contribution is -0.171. The van der Waals surface area contributed by atoms with Gasteiger partial charge in [0.25, 0.3) is 0 Å². The van der Waals surface area contributed by atoms with Gasteiger partial charge in [0.15, 0.2) is 5.79 Å². The lowest BCUT2D eigenvalue weighted by atomic mass is 9.98. The molecule has 0 amide bonds. The summed E-state index contributed by atoms with van der Waals surface area (Å²) in [6.07, 6.45) is 14.6. The molecule has 1 saturated heterocycles. The lowest BCUT2D eigenvalue weighted by Gasteiger charge is -2.28. The molecule has 2 heteroatoms. The fourth-order valence-corrected chi connectivity index (χ4v) is 3.45. The Morgan fingerprint density at radius 2 is 1.26 bits per heavy atom. The quantitative estimate of drug-likeness (QED) is 0.427. The summed E-state index contributed by atoms with van der Waals surface area (Å²) in [5, 5.41) is 0. The molecular formula is C21H34O2. The molecular weight excluding hydrogens is 284 g/mol. The van der Waals surface area contributed by atoms with E-state index in [1.54, 1.807) is 0 Å². The maximum atomic E-state index is 5.99. The standard InChI is InChI=1S/C21H34O2/c1-2-3-4-5-6-7-8-9-10-14-17-21(22-18-19-23-21)20-15-12-11-13-16-20/h11-13,15-16H,2-10,14,17-19H2,1H3. The van der Waals surface area contributed by atoms with E-state index in [4.69, 9.17) is 9.47 Å². The van der Waals surface area contributed by atoms with Gasteiger partial charge in [-0.15, -0.1) is 0 Å². The highest BCUT2D eigenvalue weighted by atomic mass is 16.7. The van der Waals surface area contributed by atoms with Gasteiger partial charge in [0.1, 0.15) is 0 Å². The number of rotatable bonds is 12. The van der Waals surface area contributed by atoms with Crippen molar-refractivity contribution in [3.8, 4) is 0 Å². The van der Waals surface area contributed by atoms with Crippen molar-refractivity contribution in [2.75, 3.05) is 13.2 Å². The van der Waals surface area contributed by atoms with Crippen LogP contribution >= 0.6 is 0 Å². The summed E-state index contributed by atoms with van der Waals surface area (Å²) >= 11 is 0. The number of ether oxygens (including phenoxy) is 2. The average molecular weight is 319 g/mol. The summed E-state index contributed by atoms with van der Waals surface area (Å²) < 4.78 is 12.0. The molecule has 23 heavy (non-hydrogen) atoms. The maximum absolute atomic E-state index is 5.99. The van der Waals surface area contributed by atoms with Gasteiger partial charge in [0.05, 0.1) is 13.2 Å². The van der Waals surface area contributed by atoms with Crippen molar-refractivity contribution >= 4 is 0 Å². The van der Waals surface area contributed by atoms with Crippen LogP contribution in [0.15, 0.2) is 30.3 Å². The van der Waals surface area contributed by atoms with Gasteiger partial charge in [-0.25, -0.2) is 0 Å². The number of hydrogen-bond acceptors (Lipinski definition) is 2. The number of benzene rings is 1. The van der Waals surface area contributed by atoms with Crippen molar-refractivity contribution in [3.05, 3.63) is 35.9 Å². The second-order valence-corrected chi connectivity index (χ2v) is 6.75. The molecule has 0 N–H and O–H groups in total. The SMILES string of the molecule is CCCCCCCCCCCCC1(c2ccccc2)OCCO1. The van der Waals surface area contributed by atoms with Crippen LogP contribution in [0.1, 0.15) is 83.1 Å². The van der Waals surface area contributed by atoms with Crippen LogP contribution in [0.25, 0.3) is 0 Å². The van der Waals surface area contributed by atoms with E-state index in [1.807, 2.05) is 6.07 Å². The van der Waals surface area contributed by atoms with Crippen LogP contribution in [0.4, 0.5) is 0 Å². The minimum Gasteiger partial charge on any atom is -0.343 e. The van der Waals surface area contributed by atoms with Gasteiger partial charge < -0.3 is 9.47 Å². The highest BCUT2D eigenvalue weighted by molar-refractivity contribution is 5.20. The fraction of sp³-hybridized carbons (Fsp3) is 0.714. The third kappa shape index (κ3) is 6.27. The Morgan fingerprint density at radius 3 is 1.83 bits per heavy atom. The summed E-state index contributed by atoms with van der Waals surface area (Å²) in [4.78, 5) is 0. The van der Waals surface area contributed by atoms with Crippen LogP contribution in [-0.4, -0.2) is 13.2 Å². The zero-order chi connectivity index (χ0) is 16.2. The Kier molecular flexibility index (Phi) is 8.70. The molecule has 0 spiro atoms. The molecule has 130 valence electrons. The van der Waals surface area contributed by atoms with Gasteiger partial charge in [0, 0.05) is 12.0 Å². The topological polar surface area (TPSA) is 18.5 Å². The summed E-state index contributed by atoms with van der Waals surface area (Å²) in [5.74, 6) is -0.471. The molecule has 1 aliphatic rings. The van der Waals surface area contributed by atoms with Crippen molar-refractivity contribution in [3.63, 3.8) is 0 Å². The maximum Gasteiger partial charge on any atom is 0.194 e. The smallest absolute Gasteiger partial charge is 0.194 e. The van der Waals surface area contributed by atoms with E-state index in [2.05, 4.69) is 31.2 Å². The molecule has 1 fully saturated rings. The van der Waals surface area contributed by atoms with E-state index in [1.165, 1.54) is 69.8 Å². The molecule has 1 heterocycles. The zero-order valence-electron chi connectivity index (χ0n) is 14.9. The summed E-state index contributed by atoms with van der Waals surface area (Å²) in [6.45, 7) is 3.71. The summed E-state index contributed by atoms with van der Waals surface area (Å²) in [7, 11) is 0. The first-order valence-corrected chi connectivity index (χ1v) is 9.71. The second-order valence-electron chi connectivity index (χ2n) is 6.75. The van der Waals surface area contributed by atoms with Crippen molar-refractivity contribution in [1.29, 1.82) is 0 Å². The van der Waals surface area contributed by atoms with Crippen LogP contribution in [0.3, 0.4) is 0 Å². The first kappa shape index (κ1) is 18.5. The number of unbranched alkanes of at least 4 members (excludes halogenated alkanes) is 9. The van der Waals surface area contributed by atoms with Gasteiger partial charge in [-0.3, -0.25) is 0 Å². The Morgan fingerprint density at radius 1 is 0.739 bits per heavy atom. The first-order valence-electron chi connectivity index (χ1n) is 9.71. The molecule has 0 atom stereocenters. The van der Waals surface area contributed by atoms with E-state index in [9.17, 15) is 0 Å². The Bertz CT molecular complexity index is 396. The number of hydrogen-bond donors (Lipinski definition) is 0. The highest BCUT2D eigenvalue weighted by Gasteiger charge is 2.37. The molecule has 0 bridgehead atoms. The van der Waals surface area contributed by atoms with Crippen molar-refractivity contribution in [2.24, 2.45) is 0 Å². The monoisotopic (exact) mass is 318 g/mol. The van der Waals surface area contributed by atoms with Crippen LogP contribution in [0.2, 0.25) is 0 Å². The largest absolute Gasteiger partial charge is 0.343 e. The molecule has 0 saturated carbocycles. The van der Waals surface area contributed by atoms with Crippen LogP contribution in [-0.2, 0) is 15.3 Å². The molecule has 2 nitrogen and oxygen atoms in total. The van der Waals surface area contributed by atoms with Gasteiger partial charge in [0.2, 0.25) is 0 Å². The minimum atomic E-state index is -0.471. The van der Waals surface area contributed by atoms with E-state index >= 15 is 0 Å². The predicted molar refractivity (Wildman–Crippen MR) is 96.5 cm³/mol. The molecule has 1 aromatic carbocycles. The molecule has 1 aromatic rings. The van der Waals surface area contributed by atoms with Gasteiger partial charge in [-0.2, -0.15) is 0 Å². The van der Waals surface area contributed by atoms with E-state index in [0.29, 0.717) is 13.2 Å². The Hall–Kier alpha value is -0.860. The van der Waals surface area contributed by atoms with Gasteiger partial charge in [-0.05, 0) is 6.42 Å². The lowest BCUT2D eigenvalue weighted by Crippen LogP contribution is -2.27. The van der Waals surface area contributed by atoms with Crippen molar-refractivity contribution in [1.82, 2.24) is 0 Å². The molecule has 0 unspecified atom stereocenters. The molecule has 0 radical (unpaired) electrons. The van der Waals surface area contributed by atoms with Crippen LogP contribution in [0, 0.1) is 0 Å². The molecule has 0 aromatic heterocycles. The highest BCUT2D eigenvalue weighted by Crippen LogP contribution is 2.36. The molecule has 0 aliphatic carbocycles. The normalized spacial score (nSPS) is 16.7. The second kappa shape index (κ2) is 10.8. The fourth-order valence-electron chi connectivity index (χ4n) is 3.45. The van der Waals surface area contributed by atoms with Crippen LogP contribution < -0.4 is 0 Å². The summed E-state index contributed by atoms with van der Waals surface area (Å²) in [6, 6.07) is 10.4. The molecule has 2 rings (SSSR count). The summed E-state index contributed by atoms with van der Waals surface area (Å²) in [5.41, 5.74) is 1.17. The predicted octanol–water partition coefficient (Wildman–Crippen LogP) is 6.20. The Balaban J connectivity index is 1.59. The molecule has 1 aliphatic heterocycles. The zero-order valence-corrected chi connectivity index (χ0v) is 14.9. The average Bonchev–Trinajstić information content (AvgIpc) is 3.07. The van der Waals surface area contributed by atoms with E-state index in [0.717, 1.165) is 6.42 Å².